The van der Waals surface area contributed by atoms with Gasteiger partial charge < -0.3 is 9.73 Å². The van der Waals surface area contributed by atoms with Crippen LogP contribution in [0.5, 0.6) is 0 Å². The zero-order chi connectivity index (χ0) is 14.1. The van der Waals surface area contributed by atoms with Crippen molar-refractivity contribution in [1.29, 1.82) is 0 Å². The molecule has 3 rings (SSSR count). The van der Waals surface area contributed by atoms with Crippen LogP contribution in [0.1, 0.15) is 51.3 Å². The third-order valence-corrected chi connectivity index (χ3v) is 5.15. The molecule has 0 radical (unpaired) electrons. The van der Waals surface area contributed by atoms with Crippen LogP contribution in [-0.4, -0.2) is 27.9 Å². The Bertz CT molecular complexity index is 489. The maximum Gasteiger partial charge on any atom is 0.277 e. The maximum atomic E-state index is 12.0. The van der Waals surface area contributed by atoms with Gasteiger partial charge in [-0.25, -0.2) is 0 Å². The molecule has 2 fully saturated rings. The highest BCUT2D eigenvalue weighted by Gasteiger charge is 2.39. The second kappa shape index (κ2) is 5.76. The van der Waals surface area contributed by atoms with Gasteiger partial charge in [0.1, 0.15) is 0 Å². The summed E-state index contributed by atoms with van der Waals surface area (Å²) >= 11 is 1.32. The molecule has 1 aromatic rings. The van der Waals surface area contributed by atoms with Crippen LogP contribution in [0.4, 0.5) is 0 Å². The van der Waals surface area contributed by atoms with Gasteiger partial charge in [0.2, 0.25) is 11.8 Å². The van der Waals surface area contributed by atoms with Gasteiger partial charge in [-0.05, 0) is 31.1 Å². The zero-order valence-corrected chi connectivity index (χ0v) is 12.8. The quantitative estimate of drug-likeness (QED) is 0.846. The monoisotopic (exact) mass is 295 g/mol. The fourth-order valence-electron chi connectivity index (χ4n) is 3.31. The van der Waals surface area contributed by atoms with Gasteiger partial charge in [0.05, 0.1) is 5.75 Å². The fourth-order valence-corrected chi connectivity index (χ4v) is 3.89. The van der Waals surface area contributed by atoms with Crippen molar-refractivity contribution in [2.24, 2.45) is 11.8 Å². The van der Waals surface area contributed by atoms with Crippen LogP contribution < -0.4 is 5.32 Å². The standard InChI is InChI=1S/C14H21N3O2S/c1-8(2)13-16-17-14(19-13)20-7-12(18)15-11-6-9-3-4-10(11)5-9/h8-11H,3-7H2,1-2H3,(H,15,18). The molecule has 0 aliphatic heterocycles. The average molecular weight is 295 g/mol. The lowest BCUT2D eigenvalue weighted by Crippen LogP contribution is -2.39. The Morgan fingerprint density at radius 1 is 1.40 bits per heavy atom. The van der Waals surface area contributed by atoms with E-state index in [4.69, 9.17) is 4.42 Å². The van der Waals surface area contributed by atoms with Crippen LogP contribution in [0.3, 0.4) is 0 Å². The minimum Gasteiger partial charge on any atom is -0.416 e. The largest absolute Gasteiger partial charge is 0.416 e. The van der Waals surface area contributed by atoms with E-state index in [0.29, 0.717) is 28.8 Å². The first-order valence-corrected chi connectivity index (χ1v) is 8.36. The van der Waals surface area contributed by atoms with Crippen LogP contribution in [0.15, 0.2) is 9.64 Å². The number of hydrogen-bond donors (Lipinski definition) is 1. The summed E-state index contributed by atoms with van der Waals surface area (Å²) in [4.78, 5) is 12.0. The first-order chi connectivity index (χ1) is 9.61. The molecule has 2 aliphatic rings. The number of aromatic nitrogens is 2. The number of thioether (sulfide) groups is 1. The Balaban J connectivity index is 1.44. The molecular weight excluding hydrogens is 274 g/mol. The zero-order valence-electron chi connectivity index (χ0n) is 12.0. The number of fused-ring (bicyclic) bond motifs is 2. The molecule has 1 amide bonds. The van der Waals surface area contributed by atoms with Crippen molar-refractivity contribution >= 4 is 17.7 Å². The molecule has 1 aromatic heterocycles. The Morgan fingerprint density at radius 2 is 2.25 bits per heavy atom. The average Bonchev–Trinajstić information content (AvgIpc) is 3.12. The molecule has 6 heteroatoms. The van der Waals surface area contributed by atoms with Gasteiger partial charge in [0.15, 0.2) is 0 Å². The number of nitrogens with one attached hydrogen (secondary N) is 1. The second-order valence-corrected chi connectivity index (χ2v) is 7.13. The molecule has 0 saturated heterocycles. The summed E-state index contributed by atoms with van der Waals surface area (Å²) in [6.07, 6.45) is 5.11. The van der Waals surface area contributed by atoms with E-state index < -0.39 is 0 Å². The first-order valence-electron chi connectivity index (χ1n) is 7.37. The summed E-state index contributed by atoms with van der Waals surface area (Å²) in [5.41, 5.74) is 0. The smallest absolute Gasteiger partial charge is 0.277 e. The van der Waals surface area contributed by atoms with E-state index in [1.807, 2.05) is 13.8 Å². The normalized spacial score (nSPS) is 28.2. The van der Waals surface area contributed by atoms with Gasteiger partial charge in [-0.3, -0.25) is 4.79 Å². The highest BCUT2D eigenvalue weighted by molar-refractivity contribution is 7.99. The van der Waals surface area contributed by atoms with E-state index in [1.165, 1.54) is 37.4 Å². The van der Waals surface area contributed by atoms with E-state index in [1.54, 1.807) is 0 Å². The van der Waals surface area contributed by atoms with Crippen molar-refractivity contribution in [2.75, 3.05) is 5.75 Å². The van der Waals surface area contributed by atoms with Gasteiger partial charge in [0, 0.05) is 12.0 Å². The van der Waals surface area contributed by atoms with Gasteiger partial charge in [-0.15, -0.1) is 10.2 Å². The summed E-state index contributed by atoms with van der Waals surface area (Å²) in [7, 11) is 0. The molecule has 3 atom stereocenters. The summed E-state index contributed by atoms with van der Waals surface area (Å²) in [6, 6.07) is 0.399. The van der Waals surface area contributed by atoms with Crippen LogP contribution in [0, 0.1) is 11.8 Å². The van der Waals surface area contributed by atoms with E-state index in [0.717, 1.165) is 5.92 Å². The molecule has 2 aliphatic carbocycles. The molecule has 0 aromatic carbocycles. The van der Waals surface area contributed by atoms with Crippen molar-refractivity contribution in [3.8, 4) is 0 Å². The molecular formula is C14H21N3O2S. The molecule has 20 heavy (non-hydrogen) atoms. The summed E-state index contributed by atoms with van der Waals surface area (Å²) in [5, 5.41) is 11.5. The third-order valence-electron chi connectivity index (χ3n) is 4.33. The highest BCUT2D eigenvalue weighted by Crippen LogP contribution is 2.44. The lowest BCUT2D eigenvalue weighted by Gasteiger charge is -2.22. The lowest BCUT2D eigenvalue weighted by atomic mass is 9.95. The van der Waals surface area contributed by atoms with Crippen molar-refractivity contribution in [1.82, 2.24) is 15.5 Å². The number of hydrogen-bond acceptors (Lipinski definition) is 5. The van der Waals surface area contributed by atoms with Crippen molar-refractivity contribution in [3.05, 3.63) is 5.89 Å². The predicted octanol–water partition coefficient (Wildman–Crippen LogP) is 2.59. The Morgan fingerprint density at radius 3 is 2.85 bits per heavy atom. The summed E-state index contributed by atoms with van der Waals surface area (Å²) in [6.45, 7) is 4.01. The molecule has 2 saturated carbocycles. The highest BCUT2D eigenvalue weighted by atomic mass is 32.2. The first kappa shape index (κ1) is 13.9. The van der Waals surface area contributed by atoms with Crippen LogP contribution in [-0.2, 0) is 4.79 Å². The van der Waals surface area contributed by atoms with Gasteiger partial charge >= 0.3 is 0 Å². The predicted molar refractivity (Wildman–Crippen MR) is 76.5 cm³/mol. The van der Waals surface area contributed by atoms with Gasteiger partial charge in [-0.1, -0.05) is 32.0 Å². The molecule has 2 bridgehead atoms. The molecule has 1 N–H and O–H groups in total. The number of rotatable bonds is 5. The molecule has 1 heterocycles. The lowest BCUT2D eigenvalue weighted by molar-refractivity contribution is -0.119. The van der Waals surface area contributed by atoms with Crippen molar-refractivity contribution in [2.45, 2.75) is 56.7 Å². The second-order valence-electron chi connectivity index (χ2n) is 6.20. The van der Waals surface area contributed by atoms with Crippen LogP contribution in [0.25, 0.3) is 0 Å². The van der Waals surface area contributed by atoms with E-state index >= 15 is 0 Å². The number of carbonyl (C=O) groups excluding carboxylic acids is 1. The number of carbonyl (C=O) groups is 1. The topological polar surface area (TPSA) is 68.0 Å². The number of amides is 1. The molecule has 110 valence electrons. The Labute approximate surface area is 123 Å². The van der Waals surface area contributed by atoms with E-state index in [9.17, 15) is 4.79 Å². The van der Waals surface area contributed by atoms with Crippen LogP contribution in [0.2, 0.25) is 0 Å². The van der Waals surface area contributed by atoms with E-state index in [2.05, 4.69) is 15.5 Å². The van der Waals surface area contributed by atoms with Gasteiger partial charge in [-0.2, -0.15) is 0 Å². The fraction of sp³-hybridized carbons (Fsp3) is 0.786. The number of nitrogens with zero attached hydrogens (tertiary/aromatic N) is 2. The SMILES string of the molecule is CC(C)c1nnc(SCC(=O)NC2CC3CCC2C3)o1. The molecule has 3 unspecified atom stereocenters. The molecule has 0 spiro atoms. The molecule has 5 nitrogen and oxygen atoms in total. The van der Waals surface area contributed by atoms with Crippen molar-refractivity contribution < 1.29 is 9.21 Å². The summed E-state index contributed by atoms with van der Waals surface area (Å²) in [5.74, 6) is 2.85. The summed E-state index contributed by atoms with van der Waals surface area (Å²) < 4.78 is 5.48. The minimum atomic E-state index is 0.0804. The maximum absolute atomic E-state index is 12.0. The van der Waals surface area contributed by atoms with E-state index in [-0.39, 0.29) is 11.8 Å². The third kappa shape index (κ3) is 3.00. The Kier molecular flexibility index (Phi) is 4.01. The van der Waals surface area contributed by atoms with Gasteiger partial charge in [0.25, 0.3) is 5.22 Å². The van der Waals surface area contributed by atoms with Crippen molar-refractivity contribution in [3.63, 3.8) is 0 Å². The Hall–Kier alpha value is -1.04. The minimum absolute atomic E-state index is 0.0804. The van der Waals surface area contributed by atoms with Crippen LogP contribution >= 0.6 is 11.8 Å².